The fourth-order valence-corrected chi connectivity index (χ4v) is 18.2. The highest BCUT2D eigenvalue weighted by atomic mass is 28.3. The Morgan fingerprint density at radius 3 is 1.61 bits per heavy atom. The summed E-state index contributed by atoms with van der Waals surface area (Å²) in [5.74, 6) is 2.11. The van der Waals surface area contributed by atoms with Crippen LogP contribution < -0.4 is 37.1 Å². The largest absolute Gasteiger partial charge is 0.310 e. The minimum atomic E-state index is -2.90. The zero-order chi connectivity index (χ0) is 41.7. The predicted octanol–water partition coefficient (Wildman–Crippen LogP) is 10.3. The maximum Gasteiger partial charge on any atom is 0.252 e. The number of hydrogen-bond donors (Lipinski definition) is 0. The molecule has 6 heterocycles. The molecule has 2 aromatic heterocycles. The van der Waals surface area contributed by atoms with Crippen molar-refractivity contribution in [2.75, 3.05) is 0 Å². The molecule has 1 spiro atoms. The Bertz CT molecular complexity index is 3480. The Morgan fingerprint density at radius 2 is 0.934 bits per heavy atom. The van der Waals surface area contributed by atoms with Gasteiger partial charge in [-0.25, -0.2) is 0 Å². The van der Waals surface area contributed by atoms with E-state index >= 15 is 0 Å². The van der Waals surface area contributed by atoms with Gasteiger partial charge in [0.15, 0.2) is 8.07 Å². The third kappa shape index (κ3) is 4.21. The van der Waals surface area contributed by atoms with E-state index in [4.69, 9.17) is 0 Å². The molecule has 0 radical (unpaired) electrons. The molecular formula is C57H53BN2Si. The summed E-state index contributed by atoms with van der Waals surface area (Å²) in [6.07, 6.45) is 0. The predicted molar refractivity (Wildman–Crippen MR) is 266 cm³/mol. The van der Waals surface area contributed by atoms with Crippen LogP contribution in [-0.2, 0) is 0 Å². The monoisotopic (exact) mass is 804 g/mol. The van der Waals surface area contributed by atoms with Gasteiger partial charge in [-0.2, -0.15) is 0 Å². The van der Waals surface area contributed by atoms with Crippen molar-refractivity contribution in [3.8, 4) is 22.5 Å². The van der Waals surface area contributed by atoms with E-state index in [1.54, 1.807) is 20.7 Å². The number of benzene rings is 7. The number of aromatic nitrogens is 2. The van der Waals surface area contributed by atoms with Crippen molar-refractivity contribution in [3.05, 3.63) is 137 Å². The fourth-order valence-electron chi connectivity index (χ4n) is 12.6. The van der Waals surface area contributed by atoms with Crippen molar-refractivity contribution < 1.29 is 0 Å². The Labute approximate surface area is 361 Å². The van der Waals surface area contributed by atoms with Crippen molar-refractivity contribution in [2.45, 2.75) is 98.8 Å². The molecule has 0 aliphatic carbocycles. The first-order valence-corrected chi connectivity index (χ1v) is 25.1. The van der Waals surface area contributed by atoms with Crippen LogP contribution >= 0.6 is 0 Å². The lowest BCUT2D eigenvalue weighted by Crippen LogP contribution is -2.77. The minimum absolute atomic E-state index is 0.112. The summed E-state index contributed by atoms with van der Waals surface area (Å²) < 4.78 is 5.50. The van der Waals surface area contributed by atoms with Gasteiger partial charge in [-0.15, -0.1) is 0 Å². The van der Waals surface area contributed by atoms with Gasteiger partial charge >= 0.3 is 0 Å². The van der Waals surface area contributed by atoms with E-state index in [0.717, 1.165) is 0 Å². The molecule has 0 bridgehead atoms. The zero-order valence-electron chi connectivity index (χ0n) is 37.3. The van der Waals surface area contributed by atoms with Gasteiger partial charge in [0.25, 0.3) is 6.71 Å². The molecule has 0 amide bonds. The molecule has 7 aromatic carbocycles. The highest BCUT2D eigenvalue weighted by molar-refractivity contribution is 7.24. The van der Waals surface area contributed by atoms with Gasteiger partial charge in [-0.05, 0) is 142 Å². The molecule has 0 fully saturated rings. The van der Waals surface area contributed by atoms with Crippen LogP contribution in [0.1, 0.15) is 127 Å². The smallest absolute Gasteiger partial charge is 0.252 e. The SMILES string of the molecule is CC(C)c1ccc2c(c1)[Si]1(c3ccccc3-2)c2ccc3c4c2-n2c5c(cc(C(C)C)cc5c5cc(C(C)C)cc1c52)B4c1cc(C(C)C)cc2c4cc(C(C)C)ccc4n-3c12. The molecule has 2 nitrogen and oxygen atoms in total. The van der Waals surface area contributed by atoms with Gasteiger partial charge in [-0.1, -0.05) is 142 Å². The quantitative estimate of drug-likeness (QED) is 0.153. The van der Waals surface area contributed by atoms with Gasteiger partial charge in [0.05, 0.1) is 11.0 Å². The zero-order valence-corrected chi connectivity index (χ0v) is 38.3. The number of fused-ring (bicyclic) bond motifs is 14. The van der Waals surface area contributed by atoms with E-state index in [1.807, 2.05) is 0 Å². The van der Waals surface area contributed by atoms with E-state index in [-0.39, 0.29) is 6.71 Å². The van der Waals surface area contributed by atoms with Crippen molar-refractivity contribution in [1.82, 2.24) is 9.13 Å². The normalized spacial score (nSPS) is 16.5. The number of hydrogen-bond acceptors (Lipinski definition) is 0. The molecule has 4 aliphatic heterocycles. The second-order valence-electron chi connectivity index (χ2n) is 20.6. The maximum atomic E-state index is 2.82. The summed E-state index contributed by atoms with van der Waals surface area (Å²) in [4.78, 5) is 0. The van der Waals surface area contributed by atoms with E-state index in [2.05, 4.69) is 188 Å². The van der Waals surface area contributed by atoms with E-state index in [0.29, 0.717) is 29.6 Å². The van der Waals surface area contributed by atoms with Crippen LogP contribution in [0.5, 0.6) is 0 Å². The minimum Gasteiger partial charge on any atom is -0.310 e. The van der Waals surface area contributed by atoms with Crippen molar-refractivity contribution in [1.29, 1.82) is 0 Å². The Hall–Kier alpha value is -5.58. The van der Waals surface area contributed by atoms with Crippen LogP contribution in [-0.4, -0.2) is 23.9 Å². The highest BCUT2D eigenvalue weighted by Crippen LogP contribution is 2.45. The lowest BCUT2D eigenvalue weighted by atomic mass is 9.34. The maximum absolute atomic E-state index is 2.90. The first-order chi connectivity index (χ1) is 29.4. The molecule has 4 heteroatoms. The van der Waals surface area contributed by atoms with E-state index in [9.17, 15) is 0 Å². The van der Waals surface area contributed by atoms with Gasteiger partial charge in [0, 0.05) is 44.0 Å². The second-order valence-corrected chi connectivity index (χ2v) is 24.3. The molecule has 4 aliphatic rings. The first-order valence-electron chi connectivity index (χ1n) is 23.1. The van der Waals surface area contributed by atoms with Crippen LogP contribution in [0, 0.1) is 0 Å². The summed E-state index contributed by atoms with van der Waals surface area (Å²) in [6.45, 7) is 23.8. The van der Waals surface area contributed by atoms with Crippen LogP contribution in [0.4, 0.5) is 0 Å². The highest BCUT2D eigenvalue weighted by Gasteiger charge is 2.56. The molecule has 0 saturated heterocycles. The van der Waals surface area contributed by atoms with Gasteiger partial charge in [0.2, 0.25) is 0 Å². The number of rotatable bonds is 5. The lowest BCUT2D eigenvalue weighted by molar-refractivity contribution is 0.868. The molecule has 0 saturated carbocycles. The molecule has 0 N–H and O–H groups in total. The third-order valence-corrected chi connectivity index (χ3v) is 20.6. The molecule has 9 aromatic rings. The van der Waals surface area contributed by atoms with Crippen LogP contribution in [0.2, 0.25) is 0 Å². The van der Waals surface area contributed by atoms with Gasteiger partial charge in [-0.3, -0.25) is 0 Å². The summed E-state index contributed by atoms with van der Waals surface area (Å²) in [7, 11) is -2.90. The third-order valence-electron chi connectivity index (χ3n) is 15.7. The summed E-state index contributed by atoms with van der Waals surface area (Å²) in [5.41, 5.74) is 22.9. The van der Waals surface area contributed by atoms with Crippen LogP contribution in [0.15, 0.2) is 109 Å². The van der Waals surface area contributed by atoms with Crippen LogP contribution in [0.25, 0.3) is 66.1 Å². The van der Waals surface area contributed by atoms with Gasteiger partial charge < -0.3 is 9.13 Å². The molecule has 1 atom stereocenters. The van der Waals surface area contributed by atoms with Gasteiger partial charge in [0.1, 0.15) is 0 Å². The molecule has 1 unspecified atom stereocenters. The molecule has 61 heavy (non-hydrogen) atoms. The van der Waals surface area contributed by atoms with Crippen molar-refractivity contribution in [3.63, 3.8) is 0 Å². The average molecular weight is 805 g/mol. The number of nitrogens with zero attached hydrogens (tertiary/aromatic N) is 2. The van der Waals surface area contributed by atoms with Crippen LogP contribution in [0.3, 0.4) is 0 Å². The molecule has 13 rings (SSSR count). The summed E-state index contributed by atoms with van der Waals surface area (Å²) in [5, 5.41) is 11.9. The topological polar surface area (TPSA) is 9.86 Å². The lowest BCUT2D eigenvalue weighted by Gasteiger charge is -2.43. The van der Waals surface area contributed by atoms with E-state index < -0.39 is 8.07 Å². The first kappa shape index (κ1) is 36.1. The molecule has 298 valence electrons. The Balaban J connectivity index is 1.31. The second kappa shape index (κ2) is 11.9. The summed E-state index contributed by atoms with van der Waals surface area (Å²) >= 11 is 0. The fraction of sp³-hybridized carbons (Fsp3) is 0.263. The summed E-state index contributed by atoms with van der Waals surface area (Å²) in [6, 6.07) is 45.3. The standard InChI is InChI=1S/C57H53BN2Si/c1-29(2)34-16-18-47-41(21-34)42-22-36(31(5)6)25-45-54(42)59(47)48-19-20-50-57-53(48)58(45)46-26-37(32(7)8)23-43-44-24-38(33(9)10)28-52(56(44)60(57)55(43)46)61(50)49-14-12-11-13-39(49)40-17-15-35(30(3)4)27-51(40)61/h11-33H,1-10H3. The Morgan fingerprint density at radius 1 is 0.410 bits per heavy atom. The van der Waals surface area contributed by atoms with Crippen molar-refractivity contribution in [2.24, 2.45) is 0 Å². The van der Waals surface area contributed by atoms with E-state index in [1.165, 1.54) is 110 Å². The Kier molecular flexibility index (Phi) is 7.02. The average Bonchev–Trinajstić information content (AvgIpc) is 3.87. The molecular weight excluding hydrogens is 752 g/mol. The van der Waals surface area contributed by atoms with Crippen molar-refractivity contribution >= 4 is 95.5 Å².